The average Bonchev–Trinajstić information content (AvgIpc) is 2.59. The normalized spacial score (nSPS) is 24.2. The Morgan fingerprint density at radius 2 is 2.50 bits per heavy atom. The van der Waals surface area contributed by atoms with E-state index in [1.54, 1.807) is 0 Å². The maximum absolute atomic E-state index is 5.59. The summed E-state index contributed by atoms with van der Waals surface area (Å²) in [6.07, 6.45) is 7.88. The van der Waals surface area contributed by atoms with Gasteiger partial charge in [0.2, 0.25) is 0 Å². The molecule has 1 aliphatic rings. The van der Waals surface area contributed by atoms with Crippen molar-refractivity contribution < 1.29 is 4.74 Å². The Morgan fingerprint density at radius 1 is 1.50 bits per heavy atom. The van der Waals surface area contributed by atoms with Gasteiger partial charge in [-0.1, -0.05) is 0 Å². The molecule has 3 heteroatoms. The van der Waals surface area contributed by atoms with E-state index in [9.17, 15) is 0 Å². The zero-order valence-corrected chi connectivity index (χ0v) is 7.15. The van der Waals surface area contributed by atoms with Crippen LogP contribution >= 0.6 is 0 Å². The van der Waals surface area contributed by atoms with Crippen molar-refractivity contribution in [3.8, 4) is 0 Å². The molecule has 2 heterocycles. The minimum Gasteiger partial charge on any atom is -0.376 e. The van der Waals surface area contributed by atoms with Gasteiger partial charge in [-0.25, -0.2) is 0 Å². The molecule has 0 N–H and O–H groups in total. The second kappa shape index (κ2) is 3.72. The SMILES string of the molecule is c1cnn(C[C@@H]2CCCCO2)c1. The first kappa shape index (κ1) is 7.80. The number of hydrogen-bond donors (Lipinski definition) is 0. The second-order valence-corrected chi connectivity index (χ2v) is 3.22. The predicted octanol–water partition coefficient (Wildman–Crippen LogP) is 1.45. The number of ether oxygens (including phenoxy) is 1. The lowest BCUT2D eigenvalue weighted by Gasteiger charge is -2.22. The molecule has 0 unspecified atom stereocenters. The van der Waals surface area contributed by atoms with E-state index in [4.69, 9.17) is 4.74 Å². The molecule has 0 amide bonds. The molecule has 1 aromatic rings. The molecule has 1 aliphatic heterocycles. The molecule has 0 bridgehead atoms. The molecule has 12 heavy (non-hydrogen) atoms. The summed E-state index contributed by atoms with van der Waals surface area (Å²) in [5.41, 5.74) is 0. The number of hydrogen-bond acceptors (Lipinski definition) is 2. The molecule has 2 rings (SSSR count). The van der Waals surface area contributed by atoms with Gasteiger partial charge in [0.1, 0.15) is 0 Å². The van der Waals surface area contributed by atoms with E-state index < -0.39 is 0 Å². The zero-order chi connectivity index (χ0) is 8.23. The predicted molar refractivity (Wildman–Crippen MR) is 45.8 cm³/mol. The molecular weight excluding hydrogens is 152 g/mol. The van der Waals surface area contributed by atoms with Gasteiger partial charge in [0.25, 0.3) is 0 Å². The highest BCUT2D eigenvalue weighted by Gasteiger charge is 2.13. The summed E-state index contributed by atoms with van der Waals surface area (Å²) < 4.78 is 7.53. The fourth-order valence-corrected chi connectivity index (χ4v) is 1.57. The van der Waals surface area contributed by atoms with E-state index in [1.165, 1.54) is 19.3 Å². The lowest BCUT2D eigenvalue weighted by atomic mass is 10.1. The van der Waals surface area contributed by atoms with Gasteiger partial charge in [-0.2, -0.15) is 5.10 Å². The van der Waals surface area contributed by atoms with Crippen LogP contribution in [0.2, 0.25) is 0 Å². The molecule has 0 spiro atoms. The molecule has 0 aromatic carbocycles. The van der Waals surface area contributed by atoms with Gasteiger partial charge in [-0.3, -0.25) is 4.68 Å². The van der Waals surface area contributed by atoms with Crippen LogP contribution in [0.5, 0.6) is 0 Å². The summed E-state index contributed by atoms with van der Waals surface area (Å²) in [6.45, 7) is 1.83. The first-order valence-corrected chi connectivity index (χ1v) is 4.54. The fraction of sp³-hybridized carbons (Fsp3) is 0.667. The lowest BCUT2D eigenvalue weighted by molar-refractivity contribution is 0.00399. The van der Waals surface area contributed by atoms with Gasteiger partial charge in [0.05, 0.1) is 12.6 Å². The third-order valence-electron chi connectivity index (χ3n) is 2.22. The van der Waals surface area contributed by atoms with Crippen LogP contribution in [0.3, 0.4) is 0 Å². The molecule has 1 saturated heterocycles. The topological polar surface area (TPSA) is 27.1 Å². The smallest absolute Gasteiger partial charge is 0.0770 e. The van der Waals surface area contributed by atoms with Crippen molar-refractivity contribution in [3.05, 3.63) is 18.5 Å². The Bertz CT molecular complexity index is 214. The third-order valence-corrected chi connectivity index (χ3v) is 2.22. The first-order valence-electron chi connectivity index (χ1n) is 4.54. The van der Waals surface area contributed by atoms with E-state index in [0.29, 0.717) is 6.10 Å². The summed E-state index contributed by atoms with van der Waals surface area (Å²) in [7, 11) is 0. The largest absolute Gasteiger partial charge is 0.376 e. The Labute approximate surface area is 72.3 Å². The monoisotopic (exact) mass is 166 g/mol. The maximum Gasteiger partial charge on any atom is 0.0770 e. The molecule has 1 atom stereocenters. The summed E-state index contributed by atoms with van der Waals surface area (Å²) in [5.74, 6) is 0. The van der Waals surface area contributed by atoms with Gasteiger partial charge in [-0.15, -0.1) is 0 Å². The summed E-state index contributed by atoms with van der Waals surface area (Å²) in [6, 6.07) is 1.95. The molecule has 0 aliphatic carbocycles. The zero-order valence-electron chi connectivity index (χ0n) is 7.15. The molecule has 66 valence electrons. The molecule has 0 saturated carbocycles. The van der Waals surface area contributed by atoms with Crippen molar-refractivity contribution in [2.24, 2.45) is 0 Å². The summed E-state index contributed by atoms with van der Waals surface area (Å²) in [5, 5.41) is 4.15. The Morgan fingerprint density at radius 3 is 3.17 bits per heavy atom. The highest BCUT2D eigenvalue weighted by molar-refractivity contribution is 4.79. The Balaban J connectivity index is 1.86. The number of rotatable bonds is 2. The van der Waals surface area contributed by atoms with Crippen molar-refractivity contribution >= 4 is 0 Å². The summed E-state index contributed by atoms with van der Waals surface area (Å²) >= 11 is 0. The minimum atomic E-state index is 0.388. The maximum atomic E-state index is 5.59. The standard InChI is InChI=1S/C9H14N2O/c1-2-7-12-9(4-1)8-11-6-3-5-10-11/h3,5-6,9H,1-2,4,7-8H2/t9-/m0/s1. The van der Waals surface area contributed by atoms with E-state index in [-0.39, 0.29) is 0 Å². The number of aromatic nitrogens is 2. The Hall–Kier alpha value is -0.830. The van der Waals surface area contributed by atoms with Crippen molar-refractivity contribution in [2.45, 2.75) is 31.9 Å². The van der Waals surface area contributed by atoms with Crippen molar-refractivity contribution in [3.63, 3.8) is 0 Å². The number of nitrogens with zero attached hydrogens (tertiary/aromatic N) is 2. The van der Waals surface area contributed by atoms with E-state index in [0.717, 1.165) is 13.2 Å². The average molecular weight is 166 g/mol. The van der Waals surface area contributed by atoms with Crippen LogP contribution in [-0.2, 0) is 11.3 Å². The van der Waals surface area contributed by atoms with Crippen LogP contribution in [0, 0.1) is 0 Å². The van der Waals surface area contributed by atoms with Gasteiger partial charge < -0.3 is 4.74 Å². The van der Waals surface area contributed by atoms with Crippen LogP contribution in [0.4, 0.5) is 0 Å². The summed E-state index contributed by atoms with van der Waals surface area (Å²) in [4.78, 5) is 0. The lowest BCUT2D eigenvalue weighted by Crippen LogP contribution is -2.24. The Kier molecular flexibility index (Phi) is 2.42. The molecule has 1 aromatic heterocycles. The molecular formula is C9H14N2O. The highest BCUT2D eigenvalue weighted by atomic mass is 16.5. The quantitative estimate of drug-likeness (QED) is 0.665. The van der Waals surface area contributed by atoms with E-state index in [1.807, 2.05) is 23.1 Å². The molecule has 0 radical (unpaired) electrons. The van der Waals surface area contributed by atoms with Crippen molar-refractivity contribution in [2.75, 3.05) is 6.61 Å². The second-order valence-electron chi connectivity index (χ2n) is 3.22. The highest BCUT2D eigenvalue weighted by Crippen LogP contribution is 2.13. The third kappa shape index (κ3) is 1.85. The van der Waals surface area contributed by atoms with Gasteiger partial charge in [0.15, 0.2) is 0 Å². The van der Waals surface area contributed by atoms with Crippen LogP contribution in [0.1, 0.15) is 19.3 Å². The van der Waals surface area contributed by atoms with E-state index >= 15 is 0 Å². The molecule has 3 nitrogen and oxygen atoms in total. The fourth-order valence-electron chi connectivity index (χ4n) is 1.57. The van der Waals surface area contributed by atoms with Crippen LogP contribution in [0.25, 0.3) is 0 Å². The first-order chi connectivity index (χ1) is 5.95. The van der Waals surface area contributed by atoms with Crippen LogP contribution in [0.15, 0.2) is 18.5 Å². The van der Waals surface area contributed by atoms with Gasteiger partial charge in [0, 0.05) is 19.0 Å². The van der Waals surface area contributed by atoms with E-state index in [2.05, 4.69) is 5.10 Å². The van der Waals surface area contributed by atoms with Crippen molar-refractivity contribution in [1.82, 2.24) is 9.78 Å². The minimum absolute atomic E-state index is 0.388. The van der Waals surface area contributed by atoms with Gasteiger partial charge >= 0.3 is 0 Å². The van der Waals surface area contributed by atoms with Crippen LogP contribution < -0.4 is 0 Å². The van der Waals surface area contributed by atoms with Crippen LogP contribution in [-0.4, -0.2) is 22.5 Å². The van der Waals surface area contributed by atoms with Crippen molar-refractivity contribution in [1.29, 1.82) is 0 Å². The van der Waals surface area contributed by atoms with Gasteiger partial charge in [-0.05, 0) is 25.3 Å². The molecule has 1 fully saturated rings.